The molecule has 4 heteroatoms. The number of piperazine rings is 1. The highest BCUT2D eigenvalue weighted by atomic mass is 32.1. The summed E-state index contributed by atoms with van der Waals surface area (Å²) in [5.74, 6) is 0. The van der Waals surface area contributed by atoms with Crippen LogP contribution in [0.3, 0.4) is 0 Å². The van der Waals surface area contributed by atoms with Crippen molar-refractivity contribution in [2.24, 2.45) is 5.73 Å². The zero-order chi connectivity index (χ0) is 13.0. The molecule has 1 saturated heterocycles. The summed E-state index contributed by atoms with van der Waals surface area (Å²) in [6.45, 7) is 6.52. The van der Waals surface area contributed by atoms with Crippen LogP contribution in [0.25, 0.3) is 0 Å². The van der Waals surface area contributed by atoms with Crippen molar-refractivity contribution in [3.05, 3.63) is 30.3 Å². The van der Waals surface area contributed by atoms with E-state index in [9.17, 15) is 0 Å². The fourth-order valence-electron chi connectivity index (χ4n) is 2.48. The second kappa shape index (κ2) is 6.16. The quantitative estimate of drug-likeness (QED) is 0.841. The van der Waals surface area contributed by atoms with Gasteiger partial charge in [0.25, 0.3) is 0 Å². The fraction of sp³-hybridized carbons (Fsp3) is 0.500. The molecular formula is C14H21N3S. The normalized spacial score (nSPS) is 18.6. The van der Waals surface area contributed by atoms with Crippen molar-refractivity contribution in [2.45, 2.75) is 19.4 Å². The highest BCUT2D eigenvalue weighted by Crippen LogP contribution is 2.17. The van der Waals surface area contributed by atoms with Crippen LogP contribution < -0.4 is 10.6 Å². The molecule has 0 bridgehead atoms. The number of rotatable bonds is 4. The lowest BCUT2D eigenvalue weighted by Crippen LogP contribution is -2.50. The first kappa shape index (κ1) is 13.3. The van der Waals surface area contributed by atoms with Gasteiger partial charge in [0.1, 0.15) is 0 Å². The summed E-state index contributed by atoms with van der Waals surface area (Å²) < 4.78 is 0. The summed E-state index contributed by atoms with van der Waals surface area (Å²) in [6.07, 6.45) is 0.820. The molecule has 98 valence electrons. The molecule has 0 aliphatic carbocycles. The van der Waals surface area contributed by atoms with Crippen LogP contribution in [-0.4, -0.2) is 42.1 Å². The third-order valence-corrected chi connectivity index (χ3v) is 3.72. The van der Waals surface area contributed by atoms with E-state index < -0.39 is 0 Å². The molecule has 0 radical (unpaired) electrons. The van der Waals surface area contributed by atoms with E-state index in [2.05, 4.69) is 47.1 Å². The molecule has 3 nitrogen and oxygen atoms in total. The number of para-hydroxylation sites is 1. The summed E-state index contributed by atoms with van der Waals surface area (Å²) in [5, 5.41) is 0. The highest BCUT2D eigenvalue weighted by Gasteiger charge is 2.21. The zero-order valence-electron chi connectivity index (χ0n) is 10.9. The van der Waals surface area contributed by atoms with Crippen molar-refractivity contribution in [1.82, 2.24) is 4.90 Å². The Hall–Kier alpha value is -1.13. The van der Waals surface area contributed by atoms with E-state index >= 15 is 0 Å². The lowest BCUT2D eigenvalue weighted by Gasteiger charge is -2.39. The van der Waals surface area contributed by atoms with E-state index in [-0.39, 0.29) is 0 Å². The standard InChI is InChI=1S/C14H21N3S/c1-12(11-14(15)18)16-7-9-17(10-8-16)13-5-3-2-4-6-13/h2-6,12H,7-11H2,1H3,(H2,15,18). The van der Waals surface area contributed by atoms with Crippen molar-refractivity contribution in [2.75, 3.05) is 31.1 Å². The number of nitrogens with zero attached hydrogens (tertiary/aromatic N) is 2. The third kappa shape index (κ3) is 3.43. The van der Waals surface area contributed by atoms with E-state index in [0.29, 0.717) is 11.0 Å². The largest absolute Gasteiger partial charge is 0.393 e. The Morgan fingerprint density at radius 3 is 2.39 bits per heavy atom. The van der Waals surface area contributed by atoms with E-state index in [1.54, 1.807) is 0 Å². The number of nitrogens with two attached hydrogens (primary N) is 1. The lowest BCUT2D eigenvalue weighted by molar-refractivity contribution is 0.201. The maximum atomic E-state index is 5.61. The van der Waals surface area contributed by atoms with Crippen LogP contribution in [-0.2, 0) is 0 Å². The van der Waals surface area contributed by atoms with Gasteiger partial charge in [0.05, 0.1) is 4.99 Å². The number of benzene rings is 1. The summed E-state index contributed by atoms with van der Waals surface area (Å²) in [6, 6.07) is 11.1. The Bertz CT molecular complexity index is 385. The first-order chi connectivity index (χ1) is 8.66. The average molecular weight is 263 g/mol. The summed E-state index contributed by atoms with van der Waals surface area (Å²) in [7, 11) is 0. The second-order valence-corrected chi connectivity index (χ2v) is 5.40. The van der Waals surface area contributed by atoms with E-state index in [4.69, 9.17) is 18.0 Å². The maximum Gasteiger partial charge on any atom is 0.0742 e. The van der Waals surface area contributed by atoms with Gasteiger partial charge >= 0.3 is 0 Å². The third-order valence-electron chi connectivity index (χ3n) is 3.56. The molecule has 0 saturated carbocycles. The minimum Gasteiger partial charge on any atom is -0.393 e. The van der Waals surface area contributed by atoms with Crippen LogP contribution >= 0.6 is 12.2 Å². The summed E-state index contributed by atoms with van der Waals surface area (Å²) in [5.41, 5.74) is 6.93. The SMILES string of the molecule is CC(CC(N)=S)N1CCN(c2ccccc2)CC1. The Morgan fingerprint density at radius 2 is 1.83 bits per heavy atom. The molecule has 1 aromatic carbocycles. The van der Waals surface area contributed by atoms with Gasteiger partial charge < -0.3 is 10.6 Å². The predicted molar refractivity (Wildman–Crippen MR) is 81.1 cm³/mol. The second-order valence-electron chi connectivity index (χ2n) is 4.88. The van der Waals surface area contributed by atoms with E-state index in [1.807, 2.05) is 0 Å². The minimum atomic E-state index is 0.459. The topological polar surface area (TPSA) is 32.5 Å². The van der Waals surface area contributed by atoms with Crippen LogP contribution in [0.1, 0.15) is 13.3 Å². The number of thiocarbonyl (C=S) groups is 1. The molecule has 1 fully saturated rings. The van der Waals surface area contributed by atoms with Crippen LogP contribution in [0.4, 0.5) is 5.69 Å². The molecule has 1 aliphatic rings. The van der Waals surface area contributed by atoms with Gasteiger partial charge in [-0.1, -0.05) is 30.4 Å². The molecule has 18 heavy (non-hydrogen) atoms. The smallest absolute Gasteiger partial charge is 0.0742 e. The average Bonchev–Trinajstić information content (AvgIpc) is 2.39. The molecule has 0 spiro atoms. The zero-order valence-corrected chi connectivity index (χ0v) is 11.7. The lowest BCUT2D eigenvalue weighted by atomic mass is 10.1. The van der Waals surface area contributed by atoms with Gasteiger partial charge in [-0.2, -0.15) is 0 Å². The van der Waals surface area contributed by atoms with Crippen molar-refractivity contribution in [1.29, 1.82) is 0 Å². The highest BCUT2D eigenvalue weighted by molar-refractivity contribution is 7.80. The molecule has 2 N–H and O–H groups in total. The molecule has 0 amide bonds. The Balaban J connectivity index is 1.86. The van der Waals surface area contributed by atoms with Gasteiger partial charge in [0.2, 0.25) is 0 Å². The summed E-state index contributed by atoms with van der Waals surface area (Å²) in [4.78, 5) is 5.52. The predicted octanol–water partition coefficient (Wildman–Crippen LogP) is 1.87. The minimum absolute atomic E-state index is 0.459. The molecule has 0 aromatic heterocycles. The van der Waals surface area contributed by atoms with Crippen molar-refractivity contribution >= 4 is 22.9 Å². The monoisotopic (exact) mass is 263 g/mol. The van der Waals surface area contributed by atoms with Gasteiger partial charge in [-0.25, -0.2) is 0 Å². The maximum absolute atomic E-state index is 5.61. The van der Waals surface area contributed by atoms with Gasteiger partial charge in [0.15, 0.2) is 0 Å². The van der Waals surface area contributed by atoms with E-state index in [1.165, 1.54) is 5.69 Å². The van der Waals surface area contributed by atoms with E-state index in [0.717, 1.165) is 32.6 Å². The van der Waals surface area contributed by atoms with Gasteiger partial charge in [0, 0.05) is 44.3 Å². The van der Waals surface area contributed by atoms with Gasteiger partial charge in [-0.3, -0.25) is 4.90 Å². The first-order valence-corrected chi connectivity index (χ1v) is 6.90. The van der Waals surface area contributed by atoms with Gasteiger partial charge in [-0.15, -0.1) is 0 Å². The number of hydrogen-bond acceptors (Lipinski definition) is 3. The molecule has 1 heterocycles. The Kier molecular flexibility index (Phi) is 4.55. The van der Waals surface area contributed by atoms with Crippen LogP contribution in [0.2, 0.25) is 0 Å². The first-order valence-electron chi connectivity index (χ1n) is 6.49. The van der Waals surface area contributed by atoms with Crippen LogP contribution in [0.15, 0.2) is 30.3 Å². The molecule has 1 aliphatic heterocycles. The van der Waals surface area contributed by atoms with Crippen LogP contribution in [0.5, 0.6) is 0 Å². The molecule has 1 aromatic rings. The fourth-order valence-corrected chi connectivity index (χ4v) is 2.72. The summed E-state index contributed by atoms with van der Waals surface area (Å²) >= 11 is 4.98. The van der Waals surface area contributed by atoms with Gasteiger partial charge in [-0.05, 0) is 19.1 Å². The molecule has 2 rings (SSSR count). The van der Waals surface area contributed by atoms with Crippen LogP contribution in [0, 0.1) is 0 Å². The Labute approximate surface area is 115 Å². The molecule has 1 atom stereocenters. The Morgan fingerprint density at radius 1 is 1.22 bits per heavy atom. The van der Waals surface area contributed by atoms with Crippen molar-refractivity contribution < 1.29 is 0 Å². The molecule has 1 unspecified atom stereocenters. The van der Waals surface area contributed by atoms with Crippen molar-refractivity contribution in [3.8, 4) is 0 Å². The molecular weight excluding hydrogens is 242 g/mol. The van der Waals surface area contributed by atoms with Crippen molar-refractivity contribution in [3.63, 3.8) is 0 Å². The number of anilines is 1. The number of hydrogen-bond donors (Lipinski definition) is 1.